The molecule has 0 radical (unpaired) electrons. The van der Waals surface area contributed by atoms with Gasteiger partial charge < -0.3 is 0 Å². The summed E-state index contributed by atoms with van der Waals surface area (Å²) in [5.74, 6) is 0. The lowest BCUT2D eigenvalue weighted by atomic mass is 10.2. The van der Waals surface area contributed by atoms with Crippen LogP contribution in [0.15, 0.2) is 70.9 Å². The summed E-state index contributed by atoms with van der Waals surface area (Å²) in [7, 11) is 0. The number of hydrazone groups is 2. The van der Waals surface area contributed by atoms with Crippen LogP contribution in [0.25, 0.3) is 0 Å². The number of nitrogens with zero attached hydrogens (tertiary/aromatic N) is 2. The summed E-state index contributed by atoms with van der Waals surface area (Å²) in [5.41, 5.74) is 7.38. The fourth-order valence-corrected chi connectivity index (χ4v) is 1.54. The maximum absolute atomic E-state index is 5.04. The van der Waals surface area contributed by atoms with Gasteiger partial charge in [-0.2, -0.15) is 10.2 Å². The van der Waals surface area contributed by atoms with Crippen LogP contribution < -0.4 is 10.9 Å². The Balaban J connectivity index is 1.76. The molecule has 100 valence electrons. The maximum Gasteiger partial charge on any atom is 0.207 e. The Morgan fingerprint density at radius 1 is 0.750 bits per heavy atom. The number of benzene rings is 2. The Morgan fingerprint density at radius 2 is 1.15 bits per heavy atom. The first-order valence-electron chi connectivity index (χ1n) is 6.07. The first kappa shape index (κ1) is 13.9. The van der Waals surface area contributed by atoms with E-state index in [1.807, 2.05) is 60.7 Å². The molecule has 0 heterocycles. The average Bonchev–Trinajstić information content (AvgIpc) is 2.49. The van der Waals surface area contributed by atoms with E-state index in [1.54, 1.807) is 12.4 Å². The van der Waals surface area contributed by atoms with Crippen LogP contribution in [0, 0.1) is 0 Å². The van der Waals surface area contributed by atoms with E-state index in [0.717, 1.165) is 11.1 Å². The summed E-state index contributed by atoms with van der Waals surface area (Å²) >= 11 is 5.04. The van der Waals surface area contributed by atoms with Crippen molar-refractivity contribution in [3.8, 4) is 0 Å². The molecule has 2 rings (SSSR count). The number of hydrogen-bond donors (Lipinski definition) is 2. The molecule has 5 heteroatoms. The van der Waals surface area contributed by atoms with E-state index in [2.05, 4.69) is 21.1 Å². The molecule has 20 heavy (non-hydrogen) atoms. The van der Waals surface area contributed by atoms with Gasteiger partial charge in [0.15, 0.2) is 0 Å². The van der Waals surface area contributed by atoms with Gasteiger partial charge in [0.1, 0.15) is 0 Å². The van der Waals surface area contributed by atoms with Gasteiger partial charge in [0.25, 0.3) is 0 Å². The first-order chi connectivity index (χ1) is 9.84. The van der Waals surface area contributed by atoms with Crippen molar-refractivity contribution in [2.24, 2.45) is 10.2 Å². The highest BCUT2D eigenvalue weighted by Gasteiger charge is 1.89. The summed E-state index contributed by atoms with van der Waals surface area (Å²) in [6, 6.07) is 19.5. The topological polar surface area (TPSA) is 48.8 Å². The Hall–Kier alpha value is -2.53. The number of nitrogens with one attached hydrogen (secondary N) is 2. The summed E-state index contributed by atoms with van der Waals surface area (Å²) in [6.07, 6.45) is 3.38. The minimum absolute atomic E-state index is 0.337. The largest absolute Gasteiger partial charge is 0.252 e. The minimum atomic E-state index is 0.337. The van der Waals surface area contributed by atoms with E-state index in [9.17, 15) is 0 Å². The van der Waals surface area contributed by atoms with Crippen molar-refractivity contribution in [2.75, 3.05) is 0 Å². The molecule has 2 aromatic rings. The summed E-state index contributed by atoms with van der Waals surface area (Å²) in [6.45, 7) is 0. The zero-order chi connectivity index (χ0) is 14.0. The second-order valence-electron chi connectivity index (χ2n) is 3.89. The Labute approximate surface area is 123 Å². The van der Waals surface area contributed by atoms with Gasteiger partial charge in [0.05, 0.1) is 12.4 Å². The van der Waals surface area contributed by atoms with Crippen LogP contribution >= 0.6 is 12.2 Å². The Morgan fingerprint density at radius 3 is 1.55 bits per heavy atom. The predicted molar refractivity (Wildman–Crippen MR) is 86.9 cm³/mol. The second-order valence-corrected chi connectivity index (χ2v) is 4.30. The second kappa shape index (κ2) is 7.81. The van der Waals surface area contributed by atoms with Crippen molar-refractivity contribution in [1.29, 1.82) is 0 Å². The third-order valence-corrected chi connectivity index (χ3v) is 2.54. The molecule has 0 aliphatic carbocycles. The molecule has 0 aliphatic rings. The van der Waals surface area contributed by atoms with Gasteiger partial charge in [-0.25, -0.2) is 0 Å². The standard InChI is InChI=1S/C15H14N4S/c20-15(18-16-11-13-7-3-1-4-8-13)19-17-12-14-9-5-2-6-10-14/h1-12H,(H2,18,19,20). The van der Waals surface area contributed by atoms with Crippen molar-refractivity contribution in [3.63, 3.8) is 0 Å². The highest BCUT2D eigenvalue weighted by Crippen LogP contribution is 1.94. The van der Waals surface area contributed by atoms with Gasteiger partial charge in [-0.3, -0.25) is 10.9 Å². The van der Waals surface area contributed by atoms with Crippen LogP contribution in [0.2, 0.25) is 0 Å². The molecule has 0 spiro atoms. The van der Waals surface area contributed by atoms with Crippen LogP contribution in [0.4, 0.5) is 0 Å². The summed E-state index contributed by atoms with van der Waals surface area (Å²) < 4.78 is 0. The van der Waals surface area contributed by atoms with E-state index in [-0.39, 0.29) is 0 Å². The molecule has 0 bridgehead atoms. The monoisotopic (exact) mass is 282 g/mol. The maximum atomic E-state index is 5.04. The SMILES string of the molecule is S=C(NN=Cc1ccccc1)NN=Cc1ccccc1. The lowest BCUT2D eigenvalue weighted by molar-refractivity contribution is 0.935. The molecule has 0 atom stereocenters. The molecule has 2 aromatic carbocycles. The zero-order valence-corrected chi connectivity index (χ0v) is 11.5. The first-order valence-corrected chi connectivity index (χ1v) is 6.47. The third kappa shape index (κ3) is 4.99. The highest BCUT2D eigenvalue weighted by atomic mass is 32.1. The molecule has 0 unspecified atom stereocenters. The fourth-order valence-electron chi connectivity index (χ4n) is 1.43. The molecule has 0 aliphatic heterocycles. The molecule has 0 saturated heterocycles. The fraction of sp³-hybridized carbons (Fsp3) is 0. The van der Waals surface area contributed by atoms with E-state index in [0.29, 0.717) is 5.11 Å². The van der Waals surface area contributed by atoms with Gasteiger partial charge in [0, 0.05) is 0 Å². The van der Waals surface area contributed by atoms with Crippen LogP contribution in [-0.4, -0.2) is 17.5 Å². The van der Waals surface area contributed by atoms with Crippen molar-refractivity contribution >= 4 is 29.8 Å². The van der Waals surface area contributed by atoms with Gasteiger partial charge >= 0.3 is 0 Å². The molecule has 0 fully saturated rings. The van der Waals surface area contributed by atoms with Gasteiger partial charge in [0.2, 0.25) is 5.11 Å². The molecule has 2 N–H and O–H groups in total. The van der Waals surface area contributed by atoms with Gasteiger partial charge in [-0.1, -0.05) is 60.7 Å². The van der Waals surface area contributed by atoms with Crippen LogP contribution in [-0.2, 0) is 0 Å². The summed E-state index contributed by atoms with van der Waals surface area (Å²) in [5, 5.41) is 8.37. The summed E-state index contributed by atoms with van der Waals surface area (Å²) in [4.78, 5) is 0. The van der Waals surface area contributed by atoms with Crippen molar-refractivity contribution in [2.45, 2.75) is 0 Å². The lowest BCUT2D eigenvalue weighted by Gasteiger charge is -2.00. The van der Waals surface area contributed by atoms with Gasteiger partial charge in [-0.05, 0) is 23.3 Å². The number of thiocarbonyl (C=S) groups is 1. The average molecular weight is 282 g/mol. The Bertz CT molecular complexity index is 540. The lowest BCUT2D eigenvalue weighted by Crippen LogP contribution is -2.28. The smallest absolute Gasteiger partial charge is 0.207 e. The van der Waals surface area contributed by atoms with Crippen molar-refractivity contribution in [1.82, 2.24) is 10.9 Å². The Kier molecular flexibility index (Phi) is 5.42. The van der Waals surface area contributed by atoms with E-state index in [1.165, 1.54) is 0 Å². The van der Waals surface area contributed by atoms with E-state index < -0.39 is 0 Å². The number of hydrogen-bond acceptors (Lipinski definition) is 3. The quantitative estimate of drug-likeness (QED) is 0.514. The molecular formula is C15H14N4S. The minimum Gasteiger partial charge on any atom is -0.252 e. The predicted octanol–water partition coefficient (Wildman–Crippen LogP) is 2.52. The number of rotatable bonds is 4. The van der Waals surface area contributed by atoms with Gasteiger partial charge in [-0.15, -0.1) is 0 Å². The molecule has 4 nitrogen and oxygen atoms in total. The molecule has 0 amide bonds. The third-order valence-electron chi connectivity index (χ3n) is 2.36. The highest BCUT2D eigenvalue weighted by molar-refractivity contribution is 7.80. The zero-order valence-electron chi connectivity index (χ0n) is 10.7. The van der Waals surface area contributed by atoms with E-state index in [4.69, 9.17) is 12.2 Å². The van der Waals surface area contributed by atoms with Crippen LogP contribution in [0.5, 0.6) is 0 Å². The van der Waals surface area contributed by atoms with Crippen molar-refractivity contribution in [3.05, 3.63) is 71.8 Å². The molecular weight excluding hydrogens is 268 g/mol. The molecule has 0 aromatic heterocycles. The normalized spacial score (nSPS) is 10.8. The van der Waals surface area contributed by atoms with E-state index >= 15 is 0 Å². The molecule has 0 saturated carbocycles. The van der Waals surface area contributed by atoms with Crippen molar-refractivity contribution < 1.29 is 0 Å². The van der Waals surface area contributed by atoms with Crippen LogP contribution in [0.3, 0.4) is 0 Å². The van der Waals surface area contributed by atoms with Crippen LogP contribution in [0.1, 0.15) is 11.1 Å².